The van der Waals surface area contributed by atoms with E-state index in [4.69, 9.17) is 0 Å². The molecule has 1 aliphatic rings. The van der Waals surface area contributed by atoms with Gasteiger partial charge in [0.25, 0.3) is 11.5 Å². The van der Waals surface area contributed by atoms with Gasteiger partial charge in [-0.1, -0.05) is 20.8 Å². The molecule has 2 rings (SSSR count). The van der Waals surface area contributed by atoms with Gasteiger partial charge in [-0.25, -0.2) is 0 Å². The summed E-state index contributed by atoms with van der Waals surface area (Å²) in [4.78, 5) is 28.4. The Morgan fingerprint density at radius 3 is 2.43 bits per heavy atom. The van der Waals surface area contributed by atoms with Crippen molar-refractivity contribution >= 4 is 5.91 Å². The van der Waals surface area contributed by atoms with Gasteiger partial charge in [0.1, 0.15) is 5.56 Å². The zero-order valence-corrected chi connectivity index (χ0v) is 14.5. The van der Waals surface area contributed by atoms with Crippen LogP contribution in [-0.2, 0) is 7.05 Å². The molecule has 1 unspecified atom stereocenters. The van der Waals surface area contributed by atoms with E-state index in [1.54, 1.807) is 30.3 Å². The fourth-order valence-corrected chi connectivity index (χ4v) is 2.58. The monoisotopic (exact) mass is 321 g/mol. The Morgan fingerprint density at radius 1 is 1.26 bits per heavy atom. The molecule has 0 spiro atoms. The number of pyridine rings is 1. The molecule has 1 aliphatic heterocycles. The molecule has 2 heterocycles. The van der Waals surface area contributed by atoms with Crippen molar-refractivity contribution < 1.29 is 9.90 Å². The summed E-state index contributed by atoms with van der Waals surface area (Å²) in [5.41, 5.74) is -0.190. The molecule has 0 saturated carbocycles. The predicted molar refractivity (Wildman–Crippen MR) is 89.5 cm³/mol. The van der Waals surface area contributed by atoms with Gasteiger partial charge in [-0.15, -0.1) is 0 Å². The van der Waals surface area contributed by atoms with Crippen LogP contribution in [0.15, 0.2) is 23.1 Å². The molecule has 6 heteroatoms. The Bertz CT molecular complexity index is 610. The molecule has 1 N–H and O–H groups in total. The van der Waals surface area contributed by atoms with Gasteiger partial charge in [-0.3, -0.25) is 14.5 Å². The van der Waals surface area contributed by atoms with Crippen molar-refractivity contribution in [1.82, 2.24) is 14.4 Å². The van der Waals surface area contributed by atoms with Crippen molar-refractivity contribution in [3.8, 4) is 0 Å². The van der Waals surface area contributed by atoms with Gasteiger partial charge >= 0.3 is 0 Å². The molecule has 6 nitrogen and oxygen atoms in total. The van der Waals surface area contributed by atoms with Crippen molar-refractivity contribution in [3.05, 3.63) is 34.2 Å². The number of aliphatic hydroxyl groups excluding tert-OH is 1. The van der Waals surface area contributed by atoms with Crippen LogP contribution in [0.2, 0.25) is 0 Å². The number of nitrogens with zero attached hydrogens (tertiary/aromatic N) is 3. The average Bonchev–Trinajstić information content (AvgIpc) is 2.49. The van der Waals surface area contributed by atoms with Crippen molar-refractivity contribution in [3.63, 3.8) is 0 Å². The van der Waals surface area contributed by atoms with Crippen molar-refractivity contribution in [1.29, 1.82) is 0 Å². The Balaban J connectivity index is 1.95. The lowest BCUT2D eigenvalue weighted by Gasteiger charge is -2.37. The number of rotatable bonds is 3. The number of hydrogen-bond donors (Lipinski definition) is 1. The minimum absolute atomic E-state index is 0.150. The van der Waals surface area contributed by atoms with Crippen LogP contribution in [0.4, 0.5) is 0 Å². The Kier molecular flexibility index (Phi) is 5.26. The standard InChI is InChI=1S/C17H27N3O3/c1-17(2,3)14(21)12-19-8-10-20(11-9-19)16(23)13-6-5-7-18(4)15(13)22/h5-7,14,21H,8-12H2,1-4H3. The van der Waals surface area contributed by atoms with Crippen LogP contribution in [0, 0.1) is 5.41 Å². The van der Waals surface area contributed by atoms with Crippen molar-refractivity contribution in [2.24, 2.45) is 12.5 Å². The van der Waals surface area contributed by atoms with E-state index in [1.165, 1.54) is 4.57 Å². The molecule has 1 saturated heterocycles. The minimum atomic E-state index is -0.397. The molecule has 1 aromatic heterocycles. The second kappa shape index (κ2) is 6.84. The molecular weight excluding hydrogens is 294 g/mol. The molecule has 23 heavy (non-hydrogen) atoms. The number of aliphatic hydroxyl groups is 1. The number of aryl methyl sites for hydroxylation is 1. The van der Waals surface area contributed by atoms with Gasteiger partial charge in [0, 0.05) is 46.0 Å². The first kappa shape index (κ1) is 17.7. The first-order valence-corrected chi connectivity index (χ1v) is 8.05. The number of carbonyl (C=O) groups is 1. The molecule has 0 bridgehead atoms. The summed E-state index contributed by atoms with van der Waals surface area (Å²) >= 11 is 0. The maximum absolute atomic E-state index is 12.5. The van der Waals surface area contributed by atoms with Gasteiger partial charge in [-0.05, 0) is 17.5 Å². The summed E-state index contributed by atoms with van der Waals surface area (Å²) in [7, 11) is 1.64. The third-order valence-electron chi connectivity index (χ3n) is 4.44. The molecule has 1 aromatic rings. The molecule has 0 aromatic carbocycles. The molecule has 1 amide bonds. The van der Waals surface area contributed by atoms with Gasteiger partial charge in [0.2, 0.25) is 0 Å². The third kappa shape index (κ3) is 4.20. The SMILES string of the molecule is Cn1cccc(C(=O)N2CCN(CC(O)C(C)(C)C)CC2)c1=O. The summed E-state index contributed by atoms with van der Waals surface area (Å²) in [6.45, 7) is 9.24. The second-order valence-corrected chi connectivity index (χ2v) is 7.31. The number of carbonyl (C=O) groups excluding carboxylic acids is 1. The van der Waals surface area contributed by atoms with E-state index in [0.29, 0.717) is 32.7 Å². The van der Waals surface area contributed by atoms with Gasteiger partial charge < -0.3 is 14.6 Å². The molecule has 1 atom stereocenters. The number of hydrogen-bond acceptors (Lipinski definition) is 4. The summed E-state index contributed by atoms with van der Waals surface area (Å²) in [6.07, 6.45) is 1.25. The third-order valence-corrected chi connectivity index (χ3v) is 4.44. The van der Waals surface area contributed by atoms with Crippen molar-refractivity contribution in [2.45, 2.75) is 26.9 Å². The first-order chi connectivity index (χ1) is 10.7. The fraction of sp³-hybridized carbons (Fsp3) is 0.647. The molecule has 0 aliphatic carbocycles. The fourth-order valence-electron chi connectivity index (χ4n) is 2.58. The zero-order valence-electron chi connectivity index (χ0n) is 14.5. The van der Waals surface area contributed by atoms with Gasteiger partial charge in [-0.2, -0.15) is 0 Å². The Labute approximate surface area is 137 Å². The molecule has 0 radical (unpaired) electrons. The van der Waals surface area contributed by atoms with Gasteiger partial charge in [0.05, 0.1) is 6.10 Å². The Morgan fingerprint density at radius 2 is 1.87 bits per heavy atom. The highest BCUT2D eigenvalue weighted by atomic mass is 16.3. The molecule has 128 valence electrons. The quantitative estimate of drug-likeness (QED) is 0.883. The smallest absolute Gasteiger partial charge is 0.263 e. The van der Waals surface area contributed by atoms with Crippen LogP contribution in [0.5, 0.6) is 0 Å². The van der Waals surface area contributed by atoms with Crippen LogP contribution < -0.4 is 5.56 Å². The number of aromatic nitrogens is 1. The molecular formula is C17H27N3O3. The average molecular weight is 321 g/mol. The normalized spacial score (nSPS) is 18.0. The lowest BCUT2D eigenvalue weighted by molar-refractivity contribution is 0.0136. The van der Waals surface area contributed by atoms with E-state index >= 15 is 0 Å². The van der Waals surface area contributed by atoms with E-state index in [2.05, 4.69) is 4.90 Å². The van der Waals surface area contributed by atoms with Crippen molar-refractivity contribution in [2.75, 3.05) is 32.7 Å². The number of amides is 1. The second-order valence-electron chi connectivity index (χ2n) is 7.31. The Hall–Kier alpha value is -1.66. The molecule has 1 fully saturated rings. The van der Waals surface area contributed by atoms with E-state index < -0.39 is 6.10 Å². The summed E-state index contributed by atoms with van der Waals surface area (Å²) in [6, 6.07) is 3.30. The lowest BCUT2D eigenvalue weighted by Crippen LogP contribution is -2.52. The van der Waals surface area contributed by atoms with Crippen LogP contribution in [0.3, 0.4) is 0 Å². The number of piperazine rings is 1. The van der Waals surface area contributed by atoms with Gasteiger partial charge in [0.15, 0.2) is 0 Å². The number of β-amino-alcohol motifs (C(OH)–C–C–N with tert-alkyl or cyclic N) is 1. The summed E-state index contributed by atoms with van der Waals surface area (Å²) < 4.78 is 1.42. The maximum atomic E-state index is 12.5. The van der Waals surface area contributed by atoms with E-state index in [9.17, 15) is 14.7 Å². The summed E-state index contributed by atoms with van der Waals surface area (Å²) in [5.74, 6) is -0.206. The predicted octanol–water partition coefficient (Wildman–Crippen LogP) is 0.550. The highest BCUT2D eigenvalue weighted by Gasteiger charge is 2.28. The topological polar surface area (TPSA) is 65.8 Å². The zero-order chi connectivity index (χ0) is 17.2. The van der Waals surface area contributed by atoms with Crippen LogP contribution in [-0.4, -0.2) is 64.2 Å². The minimum Gasteiger partial charge on any atom is -0.391 e. The largest absolute Gasteiger partial charge is 0.391 e. The lowest BCUT2D eigenvalue weighted by atomic mass is 9.89. The van der Waals surface area contributed by atoms with Crippen LogP contribution in [0.25, 0.3) is 0 Å². The highest BCUT2D eigenvalue weighted by Crippen LogP contribution is 2.20. The van der Waals surface area contributed by atoms with Crippen LogP contribution in [0.1, 0.15) is 31.1 Å². The maximum Gasteiger partial charge on any atom is 0.263 e. The van der Waals surface area contributed by atoms with E-state index in [1.807, 2.05) is 20.8 Å². The first-order valence-electron chi connectivity index (χ1n) is 8.05. The van der Waals surface area contributed by atoms with E-state index in [-0.39, 0.29) is 22.4 Å². The van der Waals surface area contributed by atoms with Crippen LogP contribution >= 0.6 is 0 Å². The highest BCUT2D eigenvalue weighted by molar-refractivity contribution is 5.93. The summed E-state index contributed by atoms with van der Waals surface area (Å²) in [5, 5.41) is 10.2. The van der Waals surface area contributed by atoms with E-state index in [0.717, 1.165) is 0 Å².